The van der Waals surface area contributed by atoms with E-state index in [4.69, 9.17) is 10.5 Å². The molecule has 0 aliphatic heterocycles. The third-order valence-electron chi connectivity index (χ3n) is 4.52. The van der Waals surface area contributed by atoms with Gasteiger partial charge < -0.3 is 10.5 Å². The highest BCUT2D eigenvalue weighted by Gasteiger charge is 2.32. The number of nitrogens with zero attached hydrogens (tertiary/aromatic N) is 1. The van der Waals surface area contributed by atoms with Gasteiger partial charge >= 0.3 is 0 Å². The molecule has 3 nitrogen and oxygen atoms in total. The van der Waals surface area contributed by atoms with E-state index in [0.29, 0.717) is 11.8 Å². The summed E-state index contributed by atoms with van der Waals surface area (Å²) in [6, 6.07) is 3.97. The Hall–Kier alpha value is -1.09. The van der Waals surface area contributed by atoms with Crippen LogP contribution in [0, 0.1) is 17.8 Å². The number of aromatic nitrogens is 1. The first-order chi connectivity index (χ1) is 9.47. The third-order valence-corrected chi connectivity index (χ3v) is 4.52. The summed E-state index contributed by atoms with van der Waals surface area (Å²) in [5.74, 6) is 2.76. The zero-order valence-corrected chi connectivity index (χ0v) is 13.2. The van der Waals surface area contributed by atoms with Gasteiger partial charge in [-0.15, -0.1) is 0 Å². The molecule has 4 atom stereocenters. The van der Waals surface area contributed by atoms with Gasteiger partial charge in [-0.3, -0.25) is 0 Å². The van der Waals surface area contributed by atoms with E-state index in [0.717, 1.165) is 23.8 Å². The van der Waals surface area contributed by atoms with Gasteiger partial charge in [0.05, 0.1) is 0 Å². The van der Waals surface area contributed by atoms with Crippen LogP contribution in [0.4, 0.5) is 0 Å². The van der Waals surface area contributed by atoms with Gasteiger partial charge in [-0.25, -0.2) is 4.98 Å². The van der Waals surface area contributed by atoms with E-state index < -0.39 is 0 Å². The lowest BCUT2D eigenvalue weighted by Crippen LogP contribution is -2.36. The van der Waals surface area contributed by atoms with Crippen molar-refractivity contribution in [1.29, 1.82) is 0 Å². The van der Waals surface area contributed by atoms with E-state index in [9.17, 15) is 0 Å². The summed E-state index contributed by atoms with van der Waals surface area (Å²) in [5.41, 5.74) is 7.01. The molecule has 1 fully saturated rings. The second-order valence-electron chi connectivity index (χ2n) is 6.70. The average Bonchev–Trinajstić information content (AvgIpc) is 2.38. The molecule has 3 heteroatoms. The molecule has 0 radical (unpaired) electrons. The van der Waals surface area contributed by atoms with Crippen molar-refractivity contribution in [3.8, 4) is 5.88 Å². The van der Waals surface area contributed by atoms with Crippen molar-refractivity contribution in [2.24, 2.45) is 23.5 Å². The molecule has 0 spiro atoms. The Kier molecular flexibility index (Phi) is 5.03. The summed E-state index contributed by atoms with van der Waals surface area (Å²) in [4.78, 5) is 4.36. The average molecular weight is 276 g/mol. The van der Waals surface area contributed by atoms with E-state index in [1.165, 1.54) is 12.8 Å². The molecular formula is C17H28N2O. The smallest absolute Gasteiger partial charge is 0.213 e. The van der Waals surface area contributed by atoms with Crippen LogP contribution in [0.2, 0.25) is 0 Å². The van der Waals surface area contributed by atoms with Crippen LogP contribution in [0.25, 0.3) is 0 Å². The maximum absolute atomic E-state index is 6.22. The lowest BCUT2D eigenvalue weighted by molar-refractivity contribution is 0.0426. The molecule has 3 unspecified atom stereocenters. The number of pyridine rings is 1. The van der Waals surface area contributed by atoms with E-state index >= 15 is 0 Å². The van der Waals surface area contributed by atoms with Crippen molar-refractivity contribution in [2.75, 3.05) is 0 Å². The van der Waals surface area contributed by atoms with Crippen molar-refractivity contribution in [2.45, 2.75) is 59.1 Å². The van der Waals surface area contributed by atoms with Gasteiger partial charge in [0, 0.05) is 18.3 Å². The molecule has 0 bridgehead atoms. The van der Waals surface area contributed by atoms with Crippen molar-refractivity contribution in [1.82, 2.24) is 4.98 Å². The highest BCUT2D eigenvalue weighted by atomic mass is 16.5. The Morgan fingerprint density at radius 2 is 2.05 bits per heavy atom. The van der Waals surface area contributed by atoms with Gasteiger partial charge in [0.25, 0.3) is 0 Å². The molecule has 1 heterocycles. The third kappa shape index (κ3) is 3.72. The number of hydrogen-bond donors (Lipinski definition) is 1. The van der Waals surface area contributed by atoms with Gasteiger partial charge in [-0.2, -0.15) is 0 Å². The number of ether oxygens (including phenoxy) is 1. The second-order valence-corrected chi connectivity index (χ2v) is 6.70. The Labute approximate surface area is 122 Å². The van der Waals surface area contributed by atoms with Gasteiger partial charge in [-0.1, -0.05) is 27.2 Å². The van der Waals surface area contributed by atoms with E-state index in [1.807, 2.05) is 19.1 Å². The fourth-order valence-corrected chi connectivity index (χ4v) is 3.18. The molecule has 1 aromatic heterocycles. The van der Waals surface area contributed by atoms with Crippen LogP contribution in [0.5, 0.6) is 5.88 Å². The van der Waals surface area contributed by atoms with Crippen LogP contribution in [-0.2, 0) is 0 Å². The quantitative estimate of drug-likeness (QED) is 0.906. The first-order valence-corrected chi connectivity index (χ1v) is 7.85. The molecule has 0 aromatic carbocycles. The minimum absolute atomic E-state index is 0.0199. The Bertz CT molecular complexity index is 431. The molecule has 1 saturated carbocycles. The largest absolute Gasteiger partial charge is 0.474 e. The summed E-state index contributed by atoms with van der Waals surface area (Å²) in [6.45, 7) is 8.89. The highest BCUT2D eigenvalue weighted by Crippen LogP contribution is 2.35. The van der Waals surface area contributed by atoms with Crippen LogP contribution < -0.4 is 10.5 Å². The van der Waals surface area contributed by atoms with Gasteiger partial charge in [-0.05, 0) is 49.1 Å². The predicted molar refractivity (Wildman–Crippen MR) is 82.6 cm³/mol. The molecule has 112 valence electrons. The number of rotatable bonds is 4. The summed E-state index contributed by atoms with van der Waals surface area (Å²) in [6.07, 6.45) is 5.79. The zero-order chi connectivity index (χ0) is 14.7. The minimum Gasteiger partial charge on any atom is -0.474 e. The van der Waals surface area contributed by atoms with Gasteiger partial charge in [0.1, 0.15) is 6.10 Å². The molecule has 1 aliphatic carbocycles. The lowest BCUT2D eigenvalue weighted by Gasteiger charge is -2.37. The fourth-order valence-electron chi connectivity index (χ4n) is 3.18. The topological polar surface area (TPSA) is 48.1 Å². The van der Waals surface area contributed by atoms with Crippen LogP contribution in [-0.4, -0.2) is 11.1 Å². The maximum atomic E-state index is 6.22. The molecule has 20 heavy (non-hydrogen) atoms. The maximum Gasteiger partial charge on any atom is 0.213 e. The Morgan fingerprint density at radius 3 is 2.70 bits per heavy atom. The first kappa shape index (κ1) is 15.3. The molecule has 2 rings (SSSR count). The fraction of sp³-hybridized carbons (Fsp3) is 0.706. The first-order valence-electron chi connectivity index (χ1n) is 7.85. The Morgan fingerprint density at radius 1 is 1.30 bits per heavy atom. The van der Waals surface area contributed by atoms with Gasteiger partial charge in [0.15, 0.2) is 0 Å². The van der Waals surface area contributed by atoms with Crippen LogP contribution in [0.1, 0.15) is 58.6 Å². The van der Waals surface area contributed by atoms with Crippen LogP contribution >= 0.6 is 0 Å². The summed E-state index contributed by atoms with van der Waals surface area (Å²) in [7, 11) is 0. The van der Waals surface area contributed by atoms with E-state index in [1.54, 1.807) is 6.20 Å². The normalized spacial score (nSPS) is 28.4. The minimum atomic E-state index is 0.0199. The van der Waals surface area contributed by atoms with Crippen molar-refractivity contribution >= 4 is 0 Å². The van der Waals surface area contributed by atoms with Crippen molar-refractivity contribution in [3.63, 3.8) is 0 Å². The zero-order valence-electron chi connectivity index (χ0n) is 13.2. The van der Waals surface area contributed by atoms with Crippen molar-refractivity contribution < 1.29 is 4.74 Å². The van der Waals surface area contributed by atoms with E-state index in [-0.39, 0.29) is 12.1 Å². The molecule has 1 aromatic rings. The molecule has 0 saturated heterocycles. The summed E-state index contributed by atoms with van der Waals surface area (Å²) < 4.78 is 6.22. The molecule has 0 amide bonds. The SMILES string of the molecule is CC1CCC(C(C)C)C(Oc2cc([C@@H](C)N)ccn2)C1. The summed E-state index contributed by atoms with van der Waals surface area (Å²) in [5, 5.41) is 0. The second kappa shape index (κ2) is 6.57. The van der Waals surface area contributed by atoms with E-state index in [2.05, 4.69) is 25.8 Å². The number of nitrogens with two attached hydrogens (primary N) is 1. The monoisotopic (exact) mass is 276 g/mol. The predicted octanol–water partition coefficient (Wildman–Crippen LogP) is 3.94. The molecule has 2 N–H and O–H groups in total. The van der Waals surface area contributed by atoms with Crippen molar-refractivity contribution in [3.05, 3.63) is 23.9 Å². The van der Waals surface area contributed by atoms with Gasteiger partial charge in [0.2, 0.25) is 5.88 Å². The van der Waals surface area contributed by atoms with Crippen LogP contribution in [0.3, 0.4) is 0 Å². The van der Waals surface area contributed by atoms with Crippen LogP contribution in [0.15, 0.2) is 18.3 Å². The molecular weight excluding hydrogens is 248 g/mol. The standard InChI is InChI=1S/C17H28N2O/c1-11(2)15-6-5-12(3)9-16(15)20-17-10-14(13(4)18)7-8-19-17/h7-8,10-13,15-16H,5-6,9,18H2,1-4H3/t12?,13-,15?,16?/m1/s1. The number of hydrogen-bond acceptors (Lipinski definition) is 3. The highest BCUT2D eigenvalue weighted by molar-refractivity contribution is 5.23. The summed E-state index contributed by atoms with van der Waals surface area (Å²) >= 11 is 0. The lowest BCUT2D eigenvalue weighted by atomic mass is 9.75. The molecule has 1 aliphatic rings. The Balaban J connectivity index is 2.11.